The summed E-state index contributed by atoms with van der Waals surface area (Å²) in [4.78, 5) is 15.1. The number of nitrogen functional groups attached to an aromatic ring is 1. The smallest absolute Gasteiger partial charge is 0.255 e. The molecule has 0 bridgehead atoms. The molecule has 3 N–H and O–H groups in total. The monoisotopic (exact) mass is 385 g/mol. The van der Waals surface area contributed by atoms with E-state index in [1.807, 2.05) is 37.3 Å². The highest BCUT2D eigenvalue weighted by Gasteiger charge is 2.13. The number of carbonyl (C=O) groups is 1. The Hall–Kier alpha value is -3.27. The molecule has 0 unspecified atom stereocenters. The summed E-state index contributed by atoms with van der Waals surface area (Å²) in [5.41, 5.74) is 12.4. The Balaban J connectivity index is 1.51. The summed E-state index contributed by atoms with van der Waals surface area (Å²) in [5, 5.41) is 2.89. The number of rotatable bonds is 4. The van der Waals surface area contributed by atoms with Crippen LogP contribution in [0.1, 0.15) is 35.2 Å². The summed E-state index contributed by atoms with van der Waals surface area (Å²) in [5.74, 6) is -0.155. The molecule has 4 rings (SSSR count). The zero-order valence-corrected chi connectivity index (χ0v) is 16.8. The number of aryl methyl sites for hydroxylation is 1. The van der Waals surface area contributed by atoms with E-state index in [4.69, 9.17) is 5.73 Å². The number of hydrogen-bond donors (Lipinski definition) is 2. The summed E-state index contributed by atoms with van der Waals surface area (Å²) in [6.45, 7) is 4.34. The molecule has 0 aliphatic carbocycles. The number of hydrogen-bond acceptors (Lipinski definition) is 3. The van der Waals surface area contributed by atoms with Crippen LogP contribution in [0.25, 0.3) is 11.1 Å². The Labute approximate surface area is 172 Å². The van der Waals surface area contributed by atoms with E-state index in [0.29, 0.717) is 16.9 Å². The first-order chi connectivity index (χ1) is 14.1. The molecule has 4 nitrogen and oxygen atoms in total. The lowest BCUT2D eigenvalue weighted by Gasteiger charge is -2.29. The quantitative estimate of drug-likeness (QED) is 0.584. The summed E-state index contributed by atoms with van der Waals surface area (Å²) >= 11 is 0. The number of piperidine rings is 1. The standard InChI is InChI=1S/C25H27N3O/c1-18-17-20(25(29)27-24-8-4-3-7-23(24)26)11-14-22(18)19-9-12-21(13-10-19)28-15-5-2-6-16-28/h3-4,7-14,17H,2,5-6,15-16,26H2,1H3,(H,27,29). The molecule has 0 aromatic heterocycles. The molecule has 0 saturated carbocycles. The maximum atomic E-state index is 12.6. The summed E-state index contributed by atoms with van der Waals surface area (Å²) < 4.78 is 0. The molecule has 3 aromatic rings. The third kappa shape index (κ3) is 4.27. The normalized spacial score (nSPS) is 13.9. The van der Waals surface area contributed by atoms with E-state index >= 15 is 0 Å². The Morgan fingerprint density at radius 3 is 2.34 bits per heavy atom. The van der Waals surface area contributed by atoms with Gasteiger partial charge in [0.2, 0.25) is 0 Å². The van der Waals surface area contributed by atoms with Gasteiger partial charge in [0, 0.05) is 24.3 Å². The van der Waals surface area contributed by atoms with E-state index in [1.165, 1.54) is 30.5 Å². The van der Waals surface area contributed by atoms with Crippen molar-refractivity contribution in [1.82, 2.24) is 0 Å². The van der Waals surface area contributed by atoms with Gasteiger partial charge in [0.05, 0.1) is 11.4 Å². The lowest BCUT2D eigenvalue weighted by Crippen LogP contribution is -2.29. The Kier molecular flexibility index (Phi) is 5.52. The van der Waals surface area contributed by atoms with Crippen molar-refractivity contribution >= 4 is 23.0 Å². The van der Waals surface area contributed by atoms with Crippen LogP contribution in [0.2, 0.25) is 0 Å². The molecule has 1 aliphatic heterocycles. The van der Waals surface area contributed by atoms with Crippen molar-refractivity contribution in [3.63, 3.8) is 0 Å². The van der Waals surface area contributed by atoms with Crippen molar-refractivity contribution in [3.05, 3.63) is 77.9 Å². The zero-order chi connectivity index (χ0) is 20.2. The molecule has 1 heterocycles. The van der Waals surface area contributed by atoms with Gasteiger partial charge in [0.25, 0.3) is 5.91 Å². The molecule has 1 amide bonds. The first-order valence-corrected chi connectivity index (χ1v) is 10.2. The molecule has 1 fully saturated rings. The van der Waals surface area contributed by atoms with Crippen LogP contribution in [0.3, 0.4) is 0 Å². The van der Waals surface area contributed by atoms with Crippen LogP contribution >= 0.6 is 0 Å². The third-order valence-corrected chi connectivity index (χ3v) is 5.60. The number of nitrogens with zero attached hydrogens (tertiary/aromatic N) is 1. The van der Waals surface area contributed by atoms with Gasteiger partial charge in [0.1, 0.15) is 0 Å². The van der Waals surface area contributed by atoms with Crippen molar-refractivity contribution in [3.8, 4) is 11.1 Å². The van der Waals surface area contributed by atoms with Gasteiger partial charge in [-0.1, -0.05) is 30.3 Å². The molecule has 1 aliphatic rings. The highest BCUT2D eigenvalue weighted by Crippen LogP contribution is 2.28. The van der Waals surface area contributed by atoms with Gasteiger partial charge in [-0.3, -0.25) is 4.79 Å². The van der Waals surface area contributed by atoms with E-state index in [1.54, 1.807) is 12.1 Å². The van der Waals surface area contributed by atoms with Crippen LogP contribution in [0.5, 0.6) is 0 Å². The first kappa shape index (κ1) is 19.1. The molecular formula is C25H27N3O. The van der Waals surface area contributed by atoms with Crippen LogP contribution < -0.4 is 16.0 Å². The fraction of sp³-hybridized carbons (Fsp3) is 0.240. The number of para-hydroxylation sites is 2. The van der Waals surface area contributed by atoms with Crippen LogP contribution in [0.4, 0.5) is 17.1 Å². The summed E-state index contributed by atoms with van der Waals surface area (Å²) in [6.07, 6.45) is 3.89. The van der Waals surface area contributed by atoms with Gasteiger partial charge in [0.15, 0.2) is 0 Å². The van der Waals surface area contributed by atoms with Crippen molar-refractivity contribution in [1.29, 1.82) is 0 Å². The van der Waals surface area contributed by atoms with Gasteiger partial charge in [-0.2, -0.15) is 0 Å². The van der Waals surface area contributed by atoms with Crippen molar-refractivity contribution < 1.29 is 4.79 Å². The topological polar surface area (TPSA) is 58.4 Å². The average Bonchev–Trinajstić information content (AvgIpc) is 2.76. The van der Waals surface area contributed by atoms with Gasteiger partial charge < -0.3 is 16.0 Å². The molecule has 1 saturated heterocycles. The Morgan fingerprint density at radius 1 is 0.931 bits per heavy atom. The number of carbonyl (C=O) groups excluding carboxylic acids is 1. The Morgan fingerprint density at radius 2 is 1.66 bits per heavy atom. The van der Waals surface area contributed by atoms with Gasteiger partial charge in [-0.15, -0.1) is 0 Å². The number of anilines is 3. The highest BCUT2D eigenvalue weighted by molar-refractivity contribution is 6.06. The van der Waals surface area contributed by atoms with E-state index in [2.05, 4.69) is 34.5 Å². The van der Waals surface area contributed by atoms with Crippen LogP contribution in [0.15, 0.2) is 66.7 Å². The second kappa shape index (κ2) is 8.39. The lowest BCUT2D eigenvalue weighted by molar-refractivity contribution is 0.102. The fourth-order valence-corrected chi connectivity index (χ4v) is 3.94. The number of benzene rings is 3. The molecule has 0 radical (unpaired) electrons. The van der Waals surface area contributed by atoms with Crippen molar-refractivity contribution in [2.24, 2.45) is 0 Å². The van der Waals surface area contributed by atoms with Crippen LogP contribution in [-0.2, 0) is 0 Å². The molecule has 148 valence electrons. The van der Waals surface area contributed by atoms with Gasteiger partial charge in [-0.05, 0) is 79.3 Å². The molecule has 3 aromatic carbocycles. The number of amides is 1. The maximum absolute atomic E-state index is 12.6. The minimum absolute atomic E-state index is 0.155. The third-order valence-electron chi connectivity index (χ3n) is 5.60. The molecular weight excluding hydrogens is 358 g/mol. The van der Waals surface area contributed by atoms with E-state index in [-0.39, 0.29) is 5.91 Å². The molecule has 4 heteroatoms. The predicted octanol–water partition coefficient (Wildman–Crippen LogP) is 5.49. The second-order valence-electron chi connectivity index (χ2n) is 7.67. The van der Waals surface area contributed by atoms with Gasteiger partial charge in [-0.25, -0.2) is 0 Å². The SMILES string of the molecule is Cc1cc(C(=O)Nc2ccccc2N)ccc1-c1ccc(N2CCCCC2)cc1. The number of nitrogens with one attached hydrogen (secondary N) is 1. The van der Waals surface area contributed by atoms with E-state index in [9.17, 15) is 4.79 Å². The second-order valence-corrected chi connectivity index (χ2v) is 7.67. The summed E-state index contributed by atoms with van der Waals surface area (Å²) in [7, 11) is 0. The van der Waals surface area contributed by atoms with Crippen LogP contribution in [-0.4, -0.2) is 19.0 Å². The molecule has 29 heavy (non-hydrogen) atoms. The minimum Gasteiger partial charge on any atom is -0.397 e. The minimum atomic E-state index is -0.155. The molecule has 0 spiro atoms. The Bertz CT molecular complexity index is 1000. The fourth-order valence-electron chi connectivity index (χ4n) is 3.94. The van der Waals surface area contributed by atoms with Crippen molar-refractivity contribution in [2.75, 3.05) is 29.0 Å². The lowest BCUT2D eigenvalue weighted by atomic mass is 9.97. The largest absolute Gasteiger partial charge is 0.397 e. The van der Waals surface area contributed by atoms with Crippen LogP contribution in [0, 0.1) is 6.92 Å². The number of nitrogens with two attached hydrogens (primary N) is 1. The summed E-state index contributed by atoms with van der Waals surface area (Å²) in [6, 6.07) is 21.9. The van der Waals surface area contributed by atoms with Gasteiger partial charge >= 0.3 is 0 Å². The van der Waals surface area contributed by atoms with E-state index in [0.717, 1.165) is 24.2 Å². The van der Waals surface area contributed by atoms with Crippen molar-refractivity contribution in [2.45, 2.75) is 26.2 Å². The predicted molar refractivity (Wildman–Crippen MR) is 121 cm³/mol. The zero-order valence-electron chi connectivity index (χ0n) is 16.8. The van der Waals surface area contributed by atoms with E-state index < -0.39 is 0 Å². The highest BCUT2D eigenvalue weighted by atomic mass is 16.1. The first-order valence-electron chi connectivity index (χ1n) is 10.2. The maximum Gasteiger partial charge on any atom is 0.255 e. The average molecular weight is 386 g/mol. The molecule has 0 atom stereocenters.